The van der Waals surface area contributed by atoms with Crippen LogP contribution in [0.2, 0.25) is 0 Å². The van der Waals surface area contributed by atoms with Gasteiger partial charge < -0.3 is 14.7 Å². The highest BCUT2D eigenvalue weighted by Crippen LogP contribution is 2.22. The average Bonchev–Trinajstić information content (AvgIpc) is 2.57. The van der Waals surface area contributed by atoms with Gasteiger partial charge in [0.25, 0.3) is 0 Å². The van der Waals surface area contributed by atoms with E-state index in [2.05, 4.69) is 20.9 Å². The van der Waals surface area contributed by atoms with Crippen LogP contribution in [-0.2, 0) is 4.74 Å². The lowest BCUT2D eigenvalue weighted by Gasteiger charge is -2.22. The molecule has 2 heterocycles. The largest absolute Gasteiger partial charge is 0.478 e. The highest BCUT2D eigenvalue weighted by atomic mass is 79.9. The number of hydrogen-bond donors (Lipinski definition) is 1. The number of halogens is 1. The molecule has 17 heavy (non-hydrogen) atoms. The van der Waals surface area contributed by atoms with Crippen molar-refractivity contribution in [3.05, 3.63) is 22.3 Å². The number of anilines is 1. The summed E-state index contributed by atoms with van der Waals surface area (Å²) in [7, 11) is 0. The second-order valence-electron chi connectivity index (χ2n) is 3.78. The third-order valence-electron chi connectivity index (χ3n) is 2.59. The maximum atomic E-state index is 11.2. The first kappa shape index (κ1) is 12.3. The van der Waals surface area contributed by atoms with Gasteiger partial charge >= 0.3 is 5.97 Å². The summed E-state index contributed by atoms with van der Waals surface area (Å²) >= 11 is 3.24. The van der Waals surface area contributed by atoms with Gasteiger partial charge in [-0.2, -0.15) is 0 Å². The standard InChI is InChI=1S/C11H13BrN2O3/c12-8-6-9(11(15)16)10(13-7-8)14-2-1-4-17-5-3-14/h6-7H,1-5H2,(H,15,16). The summed E-state index contributed by atoms with van der Waals surface area (Å²) < 4.78 is 6.02. The lowest BCUT2D eigenvalue weighted by molar-refractivity contribution is 0.0697. The second kappa shape index (κ2) is 5.46. The lowest BCUT2D eigenvalue weighted by atomic mass is 10.2. The van der Waals surface area contributed by atoms with Gasteiger partial charge in [0, 0.05) is 30.4 Å². The molecule has 0 unspecified atom stereocenters. The molecule has 2 rings (SSSR count). The molecule has 0 aromatic carbocycles. The summed E-state index contributed by atoms with van der Waals surface area (Å²) in [6.45, 7) is 2.77. The predicted molar refractivity (Wildman–Crippen MR) is 66.5 cm³/mol. The Hall–Kier alpha value is -1.14. The number of aromatic carboxylic acids is 1. The smallest absolute Gasteiger partial charge is 0.339 e. The van der Waals surface area contributed by atoms with Crippen molar-refractivity contribution in [3.8, 4) is 0 Å². The molecule has 0 atom stereocenters. The number of pyridine rings is 1. The molecule has 92 valence electrons. The fourth-order valence-corrected chi connectivity index (χ4v) is 2.13. The normalized spacial score (nSPS) is 16.6. The minimum atomic E-state index is -0.959. The summed E-state index contributed by atoms with van der Waals surface area (Å²) in [6.07, 6.45) is 2.50. The third-order valence-corrected chi connectivity index (χ3v) is 3.02. The Bertz CT molecular complexity index is 417. The van der Waals surface area contributed by atoms with Crippen molar-refractivity contribution in [2.24, 2.45) is 0 Å². The Morgan fingerprint density at radius 1 is 1.47 bits per heavy atom. The Labute approximate surface area is 108 Å². The van der Waals surface area contributed by atoms with Gasteiger partial charge in [-0.25, -0.2) is 9.78 Å². The summed E-state index contributed by atoms with van der Waals surface area (Å²) in [4.78, 5) is 17.4. The van der Waals surface area contributed by atoms with Crippen LogP contribution in [0.4, 0.5) is 5.82 Å². The summed E-state index contributed by atoms with van der Waals surface area (Å²) in [6, 6.07) is 1.58. The molecule has 5 nitrogen and oxygen atoms in total. The van der Waals surface area contributed by atoms with Crippen molar-refractivity contribution < 1.29 is 14.6 Å². The Balaban J connectivity index is 2.32. The number of rotatable bonds is 2. The molecule has 1 aromatic rings. The number of hydrogen-bond acceptors (Lipinski definition) is 4. The minimum Gasteiger partial charge on any atom is -0.478 e. The van der Waals surface area contributed by atoms with E-state index in [4.69, 9.17) is 4.74 Å². The number of carboxylic acid groups (broad SMARTS) is 1. The molecule has 1 fully saturated rings. The summed E-state index contributed by atoms with van der Waals surface area (Å²) in [5, 5.41) is 9.17. The van der Waals surface area contributed by atoms with Gasteiger partial charge in [-0.05, 0) is 28.4 Å². The van der Waals surface area contributed by atoms with Crippen molar-refractivity contribution in [2.45, 2.75) is 6.42 Å². The predicted octanol–water partition coefficient (Wildman–Crippen LogP) is 1.77. The van der Waals surface area contributed by atoms with Crippen LogP contribution in [-0.4, -0.2) is 42.4 Å². The molecule has 1 N–H and O–H groups in total. The molecule has 0 bridgehead atoms. The number of ether oxygens (including phenoxy) is 1. The molecule has 1 aliphatic heterocycles. The Kier molecular flexibility index (Phi) is 3.96. The second-order valence-corrected chi connectivity index (χ2v) is 4.70. The van der Waals surface area contributed by atoms with Gasteiger partial charge in [-0.3, -0.25) is 0 Å². The van der Waals surface area contributed by atoms with E-state index in [0.717, 1.165) is 19.6 Å². The lowest BCUT2D eigenvalue weighted by Crippen LogP contribution is -2.28. The first-order valence-electron chi connectivity index (χ1n) is 5.40. The van der Waals surface area contributed by atoms with Crippen molar-refractivity contribution in [3.63, 3.8) is 0 Å². The first-order valence-corrected chi connectivity index (χ1v) is 6.19. The summed E-state index contributed by atoms with van der Waals surface area (Å²) in [5.74, 6) is -0.440. The maximum absolute atomic E-state index is 11.2. The topological polar surface area (TPSA) is 62.7 Å². The number of nitrogens with zero attached hydrogens (tertiary/aromatic N) is 2. The van der Waals surface area contributed by atoms with Crippen LogP contribution < -0.4 is 4.90 Å². The number of carboxylic acids is 1. The van der Waals surface area contributed by atoms with Crippen molar-refractivity contribution in [1.29, 1.82) is 0 Å². The van der Waals surface area contributed by atoms with E-state index >= 15 is 0 Å². The molecule has 0 radical (unpaired) electrons. The molecule has 1 aliphatic rings. The molecule has 6 heteroatoms. The van der Waals surface area contributed by atoms with E-state index in [-0.39, 0.29) is 5.56 Å². The van der Waals surface area contributed by atoms with E-state index in [1.807, 2.05) is 4.90 Å². The molecule has 0 spiro atoms. The van der Waals surface area contributed by atoms with Crippen molar-refractivity contribution >= 4 is 27.7 Å². The van der Waals surface area contributed by atoms with E-state index in [1.54, 1.807) is 12.3 Å². The van der Waals surface area contributed by atoms with Gasteiger partial charge in [0.05, 0.1) is 6.61 Å². The minimum absolute atomic E-state index is 0.223. The number of aromatic nitrogens is 1. The molecule has 0 amide bonds. The summed E-state index contributed by atoms with van der Waals surface area (Å²) in [5.41, 5.74) is 0.223. The number of carbonyl (C=O) groups is 1. The maximum Gasteiger partial charge on any atom is 0.339 e. The van der Waals surface area contributed by atoms with Gasteiger partial charge in [-0.15, -0.1) is 0 Å². The molecular weight excluding hydrogens is 288 g/mol. The fraction of sp³-hybridized carbons (Fsp3) is 0.455. The van der Waals surface area contributed by atoms with Crippen LogP contribution in [0.1, 0.15) is 16.8 Å². The van der Waals surface area contributed by atoms with Crippen molar-refractivity contribution in [2.75, 3.05) is 31.2 Å². The molecular formula is C11H13BrN2O3. The van der Waals surface area contributed by atoms with E-state index in [9.17, 15) is 9.90 Å². The fourth-order valence-electron chi connectivity index (χ4n) is 1.80. The molecule has 0 aliphatic carbocycles. The third kappa shape index (κ3) is 2.95. The van der Waals surface area contributed by atoms with E-state index in [0.29, 0.717) is 23.4 Å². The molecule has 1 saturated heterocycles. The quantitative estimate of drug-likeness (QED) is 0.902. The zero-order chi connectivity index (χ0) is 12.3. The SMILES string of the molecule is O=C(O)c1cc(Br)cnc1N1CCCOCC1. The Morgan fingerprint density at radius 2 is 2.29 bits per heavy atom. The monoisotopic (exact) mass is 300 g/mol. The van der Waals surface area contributed by atoms with Gasteiger partial charge in [0.15, 0.2) is 0 Å². The zero-order valence-corrected chi connectivity index (χ0v) is 10.8. The first-order chi connectivity index (χ1) is 8.18. The zero-order valence-electron chi connectivity index (χ0n) is 9.23. The van der Waals surface area contributed by atoms with Gasteiger partial charge in [0.1, 0.15) is 11.4 Å². The highest BCUT2D eigenvalue weighted by molar-refractivity contribution is 9.10. The van der Waals surface area contributed by atoms with Crippen molar-refractivity contribution in [1.82, 2.24) is 4.98 Å². The van der Waals surface area contributed by atoms with Crippen LogP contribution in [0.3, 0.4) is 0 Å². The highest BCUT2D eigenvalue weighted by Gasteiger charge is 2.19. The van der Waals surface area contributed by atoms with E-state index < -0.39 is 5.97 Å². The van der Waals surface area contributed by atoms with Crippen LogP contribution in [0.25, 0.3) is 0 Å². The van der Waals surface area contributed by atoms with Gasteiger partial charge in [0.2, 0.25) is 0 Å². The molecule has 1 aromatic heterocycles. The van der Waals surface area contributed by atoms with E-state index in [1.165, 1.54) is 0 Å². The van der Waals surface area contributed by atoms with Crippen LogP contribution in [0.15, 0.2) is 16.7 Å². The van der Waals surface area contributed by atoms with Crippen LogP contribution in [0.5, 0.6) is 0 Å². The average molecular weight is 301 g/mol. The molecule has 0 saturated carbocycles. The van der Waals surface area contributed by atoms with Crippen LogP contribution in [0, 0.1) is 0 Å². The van der Waals surface area contributed by atoms with Crippen LogP contribution >= 0.6 is 15.9 Å². The van der Waals surface area contributed by atoms with Gasteiger partial charge in [-0.1, -0.05) is 0 Å². The Morgan fingerprint density at radius 3 is 3.06 bits per heavy atom.